The molecule has 4 rings (SSSR count). The summed E-state index contributed by atoms with van der Waals surface area (Å²) in [5, 5.41) is 2.01. The van der Waals surface area contributed by atoms with Crippen LogP contribution in [0, 0.1) is 16.7 Å². The second kappa shape index (κ2) is 7.42. The standard InChI is InChI=1S/C24H30O5S2/c1-23(2)20-11-12-24(23,22(26)14-20)16-31(27,28)29-30(3,4)15-21(25)19-10-9-17-7-5-6-8-18(17)13-19/h5-10,13,20H,11-12,14-16H2,1-4H3. The van der Waals surface area contributed by atoms with E-state index >= 15 is 0 Å². The Kier molecular flexibility index (Phi) is 5.39. The summed E-state index contributed by atoms with van der Waals surface area (Å²) in [6.07, 6.45) is 5.32. The van der Waals surface area contributed by atoms with Crippen LogP contribution >= 0.6 is 10.3 Å². The minimum Gasteiger partial charge on any atom is -0.299 e. The molecule has 0 saturated heterocycles. The van der Waals surface area contributed by atoms with E-state index in [0.717, 1.165) is 17.2 Å². The Morgan fingerprint density at radius 3 is 2.39 bits per heavy atom. The van der Waals surface area contributed by atoms with E-state index in [1.165, 1.54) is 0 Å². The van der Waals surface area contributed by atoms with Crippen LogP contribution in [0.25, 0.3) is 10.8 Å². The summed E-state index contributed by atoms with van der Waals surface area (Å²) in [7, 11) is -6.18. The van der Waals surface area contributed by atoms with E-state index in [-0.39, 0.29) is 34.4 Å². The lowest BCUT2D eigenvalue weighted by molar-refractivity contribution is -0.128. The van der Waals surface area contributed by atoms with Crippen molar-refractivity contribution in [1.82, 2.24) is 0 Å². The number of benzene rings is 2. The monoisotopic (exact) mass is 462 g/mol. The van der Waals surface area contributed by atoms with Crippen LogP contribution in [0.1, 0.15) is 43.5 Å². The van der Waals surface area contributed by atoms with Crippen LogP contribution in [0.4, 0.5) is 0 Å². The van der Waals surface area contributed by atoms with E-state index in [1.54, 1.807) is 18.6 Å². The van der Waals surface area contributed by atoms with Gasteiger partial charge in [0, 0.05) is 12.0 Å². The van der Waals surface area contributed by atoms with Crippen molar-refractivity contribution in [3.05, 3.63) is 48.0 Å². The third-order valence-electron chi connectivity index (χ3n) is 7.40. The minimum atomic E-state index is -3.97. The van der Waals surface area contributed by atoms with Crippen molar-refractivity contribution in [2.75, 3.05) is 24.0 Å². The largest absolute Gasteiger partial charge is 0.299 e. The molecule has 2 fully saturated rings. The van der Waals surface area contributed by atoms with Gasteiger partial charge in [-0.2, -0.15) is 8.42 Å². The second-order valence-corrected chi connectivity index (χ2v) is 15.1. The van der Waals surface area contributed by atoms with Crippen LogP contribution in [-0.2, 0) is 18.5 Å². The highest BCUT2D eigenvalue weighted by atomic mass is 32.3. The molecular weight excluding hydrogens is 432 g/mol. The van der Waals surface area contributed by atoms with Crippen LogP contribution in [0.15, 0.2) is 42.5 Å². The van der Waals surface area contributed by atoms with Gasteiger partial charge in [-0.05, 0) is 53.5 Å². The maximum Gasteiger partial charge on any atom is 0.277 e. The highest BCUT2D eigenvalue weighted by molar-refractivity contribution is 8.32. The fourth-order valence-corrected chi connectivity index (χ4v) is 10.2. The van der Waals surface area contributed by atoms with Crippen molar-refractivity contribution in [3.8, 4) is 0 Å². The Morgan fingerprint density at radius 1 is 1.10 bits per heavy atom. The average molecular weight is 463 g/mol. The molecule has 2 unspecified atom stereocenters. The third kappa shape index (κ3) is 3.96. The molecule has 2 atom stereocenters. The number of ketones is 2. The summed E-state index contributed by atoms with van der Waals surface area (Å²) in [6.45, 7) is 4.01. The number of fused-ring (bicyclic) bond motifs is 3. The summed E-state index contributed by atoms with van der Waals surface area (Å²) >= 11 is 0. The number of hydrogen-bond acceptors (Lipinski definition) is 5. The van der Waals surface area contributed by atoms with Crippen LogP contribution in [0.3, 0.4) is 0 Å². The van der Waals surface area contributed by atoms with Gasteiger partial charge >= 0.3 is 0 Å². The van der Waals surface area contributed by atoms with E-state index in [2.05, 4.69) is 0 Å². The predicted molar refractivity (Wildman–Crippen MR) is 126 cm³/mol. The average Bonchev–Trinajstić information content (AvgIpc) is 3.00. The molecule has 0 amide bonds. The molecule has 2 bridgehead atoms. The van der Waals surface area contributed by atoms with Gasteiger partial charge in [0.1, 0.15) is 5.78 Å². The minimum absolute atomic E-state index is 0.0114. The Balaban J connectivity index is 1.49. The van der Waals surface area contributed by atoms with E-state index in [0.29, 0.717) is 18.4 Å². The second-order valence-electron chi connectivity index (χ2n) is 10.0. The zero-order valence-electron chi connectivity index (χ0n) is 18.5. The fraction of sp³-hybridized carbons (Fsp3) is 0.500. The maximum atomic E-state index is 13.0. The zero-order valence-corrected chi connectivity index (χ0v) is 20.1. The first-order chi connectivity index (χ1) is 14.4. The third-order valence-corrected chi connectivity index (χ3v) is 11.5. The molecule has 0 aromatic heterocycles. The lowest BCUT2D eigenvalue weighted by Crippen LogP contribution is -2.42. The molecule has 5 nitrogen and oxygen atoms in total. The first-order valence-corrected chi connectivity index (χ1v) is 14.7. The molecule has 2 aromatic carbocycles. The topological polar surface area (TPSA) is 77.5 Å². The predicted octanol–water partition coefficient (Wildman–Crippen LogP) is 4.74. The molecule has 0 heterocycles. The molecule has 2 aromatic rings. The van der Waals surface area contributed by atoms with Gasteiger partial charge in [0.25, 0.3) is 10.1 Å². The number of carbonyl (C=O) groups excluding carboxylic acids is 2. The van der Waals surface area contributed by atoms with Crippen molar-refractivity contribution in [3.63, 3.8) is 0 Å². The molecule has 31 heavy (non-hydrogen) atoms. The fourth-order valence-electron chi connectivity index (χ4n) is 5.50. The summed E-state index contributed by atoms with van der Waals surface area (Å²) < 4.78 is 31.7. The Morgan fingerprint density at radius 2 is 1.77 bits per heavy atom. The Bertz CT molecular complexity index is 1170. The van der Waals surface area contributed by atoms with E-state index in [1.807, 2.05) is 50.2 Å². The highest BCUT2D eigenvalue weighted by Crippen LogP contribution is 2.64. The summed E-state index contributed by atoms with van der Waals surface area (Å²) in [6, 6.07) is 13.3. The highest BCUT2D eigenvalue weighted by Gasteiger charge is 2.65. The molecule has 0 radical (unpaired) electrons. The molecule has 0 aliphatic heterocycles. The van der Waals surface area contributed by atoms with Gasteiger partial charge in [0.15, 0.2) is 5.78 Å². The summed E-state index contributed by atoms with van der Waals surface area (Å²) in [4.78, 5) is 25.6. The van der Waals surface area contributed by atoms with E-state index in [4.69, 9.17) is 3.63 Å². The van der Waals surface area contributed by atoms with Crippen molar-refractivity contribution in [1.29, 1.82) is 0 Å². The SMILES string of the molecule is CC1(C)C2CCC1(CS(=O)(=O)OS(C)(C)CC(=O)c1ccc3ccccc3c1)C(=O)C2. The summed E-state index contributed by atoms with van der Waals surface area (Å²) in [5.74, 6) is -0.135. The normalized spacial score (nSPS) is 25.8. The van der Waals surface area contributed by atoms with Gasteiger partial charge in [-0.1, -0.05) is 50.2 Å². The number of hydrogen-bond donors (Lipinski definition) is 0. The number of Topliss-reactive ketones (excluding diaryl/α,β-unsaturated/α-hetero) is 2. The van der Waals surface area contributed by atoms with Crippen LogP contribution in [-0.4, -0.2) is 44.0 Å². The number of rotatable bonds is 7. The van der Waals surface area contributed by atoms with Crippen molar-refractivity contribution >= 4 is 42.8 Å². The van der Waals surface area contributed by atoms with Crippen LogP contribution < -0.4 is 0 Å². The first-order valence-electron chi connectivity index (χ1n) is 10.6. The van der Waals surface area contributed by atoms with Gasteiger partial charge in [-0.25, -0.2) is 3.63 Å². The molecule has 7 heteroatoms. The Labute approximate surface area is 186 Å². The zero-order chi connectivity index (χ0) is 22.7. The van der Waals surface area contributed by atoms with Gasteiger partial charge in [0.2, 0.25) is 0 Å². The maximum absolute atomic E-state index is 13.0. The molecule has 2 aliphatic carbocycles. The van der Waals surface area contributed by atoms with Gasteiger partial charge < -0.3 is 0 Å². The van der Waals surface area contributed by atoms with Crippen molar-refractivity contribution in [2.24, 2.45) is 16.7 Å². The molecule has 168 valence electrons. The van der Waals surface area contributed by atoms with E-state index < -0.39 is 25.8 Å². The number of carbonyl (C=O) groups is 2. The smallest absolute Gasteiger partial charge is 0.277 e. The Hall–Kier alpha value is -1.70. The van der Waals surface area contributed by atoms with E-state index in [9.17, 15) is 18.0 Å². The molecular formula is C24H30O5S2. The van der Waals surface area contributed by atoms with Gasteiger partial charge in [0.05, 0.1) is 16.9 Å². The van der Waals surface area contributed by atoms with Gasteiger partial charge in [-0.15, -0.1) is 10.3 Å². The lowest BCUT2D eigenvalue weighted by atomic mass is 9.70. The van der Waals surface area contributed by atoms with Crippen molar-refractivity contribution < 1.29 is 21.6 Å². The molecule has 2 aliphatic rings. The van der Waals surface area contributed by atoms with Crippen LogP contribution in [0.2, 0.25) is 0 Å². The summed E-state index contributed by atoms with van der Waals surface area (Å²) in [5.41, 5.74) is -0.667. The first kappa shape index (κ1) is 22.5. The molecule has 0 N–H and O–H groups in total. The molecule has 2 saturated carbocycles. The quantitative estimate of drug-likeness (QED) is 0.555. The van der Waals surface area contributed by atoms with Crippen molar-refractivity contribution in [2.45, 2.75) is 33.1 Å². The van der Waals surface area contributed by atoms with Crippen LogP contribution in [0.5, 0.6) is 0 Å². The molecule has 0 spiro atoms. The van der Waals surface area contributed by atoms with Gasteiger partial charge in [-0.3, -0.25) is 9.59 Å². The lowest BCUT2D eigenvalue weighted by Gasteiger charge is -2.37.